The molecule has 0 fully saturated rings. The molecule has 0 radical (unpaired) electrons. The molecule has 0 unspecified atom stereocenters. The summed E-state index contributed by atoms with van der Waals surface area (Å²) in [5.74, 6) is 0. The van der Waals surface area contributed by atoms with E-state index in [1.165, 1.54) is 116 Å². The zero-order valence-corrected chi connectivity index (χ0v) is 20.3. The molecule has 0 aliphatic rings. The molecular weight excluding hydrogens is 320 g/mol. The molecule has 152 valence electrons. The fourth-order valence-corrected chi connectivity index (χ4v) is 4.57. The van der Waals surface area contributed by atoms with E-state index >= 15 is 0 Å². The molecule has 2 heteroatoms. The summed E-state index contributed by atoms with van der Waals surface area (Å²) in [6, 6.07) is 0. The number of hydrogen-bond acceptors (Lipinski definition) is 1. The highest BCUT2D eigenvalue weighted by Crippen LogP contribution is 2.24. The van der Waals surface area contributed by atoms with Gasteiger partial charge in [0.05, 0.1) is 0 Å². The predicted molar refractivity (Wildman–Crippen MR) is 118 cm³/mol. The maximum atomic E-state index is 5.43. The van der Waals surface area contributed by atoms with Gasteiger partial charge < -0.3 is 4.43 Å². The number of unbranched alkanes of at least 4 members (excludes halogenated alkanes) is 16. The third-order valence-electron chi connectivity index (χ3n) is 5.49. The average molecular weight is 371 g/mol. The van der Waals surface area contributed by atoms with E-state index in [-0.39, 0.29) is 0 Å². The van der Waals surface area contributed by atoms with Crippen LogP contribution in [0.5, 0.6) is 0 Å². The second-order valence-corrected chi connectivity index (χ2v) is 9.58. The summed E-state index contributed by atoms with van der Waals surface area (Å²) < 4.78 is 5.43. The van der Waals surface area contributed by atoms with Crippen molar-refractivity contribution in [1.82, 2.24) is 0 Å². The largest absolute Gasteiger partial charge is 0.427 e. The van der Waals surface area contributed by atoms with Crippen LogP contribution < -0.4 is 0 Å². The van der Waals surface area contributed by atoms with Gasteiger partial charge >= 0.3 is 0 Å². The van der Waals surface area contributed by atoms with Crippen LogP contribution in [0.2, 0.25) is 0 Å². The van der Waals surface area contributed by atoms with Crippen LogP contribution in [0, 0.1) is 5.41 Å². The van der Waals surface area contributed by atoms with Crippen molar-refractivity contribution in [2.24, 2.45) is 5.41 Å². The van der Waals surface area contributed by atoms with Gasteiger partial charge in [0.25, 0.3) is 0 Å². The van der Waals surface area contributed by atoms with Crippen molar-refractivity contribution in [2.75, 3.05) is 6.61 Å². The van der Waals surface area contributed by atoms with Gasteiger partial charge in [0.2, 0.25) is 0 Å². The summed E-state index contributed by atoms with van der Waals surface area (Å²) in [7, 11) is 0.881. The van der Waals surface area contributed by atoms with E-state index in [1.807, 2.05) is 0 Å². The van der Waals surface area contributed by atoms with E-state index in [4.69, 9.17) is 4.43 Å². The molecule has 0 saturated carbocycles. The van der Waals surface area contributed by atoms with Crippen LogP contribution in [0.25, 0.3) is 0 Å². The molecule has 0 aromatic heterocycles. The molecule has 25 heavy (non-hydrogen) atoms. The maximum absolute atomic E-state index is 5.43. The van der Waals surface area contributed by atoms with Gasteiger partial charge in [-0.15, -0.1) is 0 Å². The molecule has 0 rings (SSSR count). The zero-order valence-electron chi connectivity index (χ0n) is 18.3. The fourth-order valence-electron chi connectivity index (χ4n) is 3.79. The van der Waals surface area contributed by atoms with E-state index in [0.29, 0.717) is 5.41 Å². The smallest absolute Gasteiger partial charge is 0.145 e. The molecule has 0 N–H and O–H groups in total. The Hall–Kier alpha value is 0.177. The lowest BCUT2D eigenvalue weighted by Gasteiger charge is -2.23. The summed E-state index contributed by atoms with van der Waals surface area (Å²) in [6.45, 7) is 7.94. The Balaban J connectivity index is 3.10. The van der Waals surface area contributed by atoms with Crippen molar-refractivity contribution >= 4 is 10.5 Å². The Bertz CT molecular complexity index is 252. The summed E-state index contributed by atoms with van der Waals surface area (Å²) >= 11 is 0. The van der Waals surface area contributed by atoms with Crippen molar-refractivity contribution in [3.8, 4) is 0 Å². The third-order valence-corrected chi connectivity index (χ3v) is 5.78. The van der Waals surface area contributed by atoms with Gasteiger partial charge in [0, 0.05) is 6.61 Å². The van der Waals surface area contributed by atoms with Crippen LogP contribution in [-0.4, -0.2) is 17.1 Å². The molecule has 0 aromatic rings. The van der Waals surface area contributed by atoms with Gasteiger partial charge in [-0.05, 0) is 11.8 Å². The van der Waals surface area contributed by atoms with Crippen LogP contribution >= 0.6 is 0 Å². The molecule has 0 amide bonds. The van der Waals surface area contributed by atoms with E-state index in [2.05, 4.69) is 20.8 Å². The van der Waals surface area contributed by atoms with Gasteiger partial charge in [0.1, 0.15) is 10.5 Å². The lowest BCUT2D eigenvalue weighted by atomic mass is 9.88. The minimum absolute atomic E-state index is 0.400. The monoisotopic (exact) mass is 370 g/mol. The second kappa shape index (κ2) is 19.0. The Labute approximate surface area is 163 Å². The molecular formula is C23H50OSi. The van der Waals surface area contributed by atoms with Crippen LogP contribution in [0.3, 0.4) is 0 Å². The normalized spacial score (nSPS) is 12.1. The van der Waals surface area contributed by atoms with Crippen LogP contribution in [0.15, 0.2) is 0 Å². The van der Waals surface area contributed by atoms with Gasteiger partial charge in [-0.1, -0.05) is 130 Å². The quantitative estimate of drug-likeness (QED) is 0.161. The summed E-state index contributed by atoms with van der Waals surface area (Å²) in [5.41, 5.74) is 0.400. The fraction of sp³-hybridized carbons (Fsp3) is 1.00. The summed E-state index contributed by atoms with van der Waals surface area (Å²) in [5, 5.41) is 0. The summed E-state index contributed by atoms with van der Waals surface area (Å²) in [6.07, 6.45) is 26.0. The SMILES string of the molecule is CCCCCCCCCCCCCCCCCCCC(C)(C)CO[SiH3]. The Kier molecular flexibility index (Phi) is 19.1. The first-order valence-electron chi connectivity index (χ1n) is 11.6. The van der Waals surface area contributed by atoms with Crippen LogP contribution in [0.4, 0.5) is 0 Å². The highest BCUT2D eigenvalue weighted by atomic mass is 28.2. The Morgan fingerprint density at radius 1 is 0.560 bits per heavy atom. The predicted octanol–water partition coefficient (Wildman–Crippen LogP) is 7.35. The van der Waals surface area contributed by atoms with Gasteiger partial charge in [0.15, 0.2) is 0 Å². The van der Waals surface area contributed by atoms with E-state index in [0.717, 1.165) is 17.1 Å². The first-order chi connectivity index (χ1) is 12.1. The van der Waals surface area contributed by atoms with Gasteiger partial charge in [-0.2, -0.15) is 0 Å². The van der Waals surface area contributed by atoms with Crippen LogP contribution in [0.1, 0.15) is 136 Å². The van der Waals surface area contributed by atoms with Gasteiger partial charge in [-0.3, -0.25) is 0 Å². The van der Waals surface area contributed by atoms with Crippen molar-refractivity contribution in [3.05, 3.63) is 0 Å². The van der Waals surface area contributed by atoms with E-state index in [9.17, 15) is 0 Å². The number of rotatable bonds is 20. The highest BCUT2D eigenvalue weighted by molar-refractivity contribution is 5.97. The zero-order chi connectivity index (χ0) is 18.6. The van der Waals surface area contributed by atoms with Crippen molar-refractivity contribution < 1.29 is 4.43 Å². The van der Waals surface area contributed by atoms with Crippen molar-refractivity contribution in [3.63, 3.8) is 0 Å². The average Bonchev–Trinajstić information content (AvgIpc) is 2.57. The highest BCUT2D eigenvalue weighted by Gasteiger charge is 2.16. The standard InChI is InChI=1S/C23H50OSi/c1-4-5-6-7-8-9-10-11-12-13-14-15-16-17-18-19-20-21-23(2,3)22-24-25/h4-22H2,1-3,25H3. The molecule has 0 aromatic carbocycles. The molecule has 0 bridgehead atoms. The first kappa shape index (κ1) is 25.2. The molecule has 0 aliphatic carbocycles. The minimum atomic E-state index is 0.400. The van der Waals surface area contributed by atoms with E-state index < -0.39 is 0 Å². The molecule has 0 saturated heterocycles. The van der Waals surface area contributed by atoms with Crippen LogP contribution in [-0.2, 0) is 4.43 Å². The third kappa shape index (κ3) is 20.3. The topological polar surface area (TPSA) is 9.23 Å². The molecule has 0 aliphatic heterocycles. The Morgan fingerprint density at radius 3 is 1.20 bits per heavy atom. The molecule has 1 nitrogen and oxygen atoms in total. The van der Waals surface area contributed by atoms with Crippen molar-refractivity contribution in [2.45, 2.75) is 136 Å². The maximum Gasteiger partial charge on any atom is 0.145 e. The Morgan fingerprint density at radius 2 is 0.880 bits per heavy atom. The molecule has 0 atom stereocenters. The molecule has 0 spiro atoms. The first-order valence-corrected chi connectivity index (χ1v) is 12.4. The van der Waals surface area contributed by atoms with E-state index in [1.54, 1.807) is 0 Å². The lowest BCUT2D eigenvalue weighted by Crippen LogP contribution is -2.18. The molecule has 0 heterocycles. The second-order valence-electron chi connectivity index (χ2n) is 9.00. The number of hydrogen-bond donors (Lipinski definition) is 0. The minimum Gasteiger partial charge on any atom is -0.427 e. The lowest BCUT2D eigenvalue weighted by molar-refractivity contribution is 0.177. The van der Waals surface area contributed by atoms with Gasteiger partial charge in [-0.25, -0.2) is 0 Å². The van der Waals surface area contributed by atoms with Crippen molar-refractivity contribution in [1.29, 1.82) is 0 Å². The summed E-state index contributed by atoms with van der Waals surface area (Å²) in [4.78, 5) is 0.